The number of nitrogens with two attached hydrogens (primary N) is 1. The number of carbonyl (C=O) groups is 5. The van der Waals surface area contributed by atoms with Crippen LogP contribution in [0.1, 0.15) is 106 Å². The molecule has 0 amide bonds. The maximum atomic E-state index is 14.1. The SMILES string of the molecule is COC(=O)c1cc(F)c(Br)c(C)c1F.COC(=O)c1cc(F)c(F)c(C)c1F.COC(=O)c1cc(F)c(N)c(C)c1F.Cc1c(F)c(CO[Si](C)(C)C(C)(C)C)cc(F)c1Br.Cc1c(F)c(F)cc(C(=O)O)c1F.O=C(O)c1cc(F)c(F)cc1F. The molecule has 0 radical (unpaired) electrons. The fraction of sp³-hybridized carbons (Fsp3) is 0.268. The molecule has 0 atom stereocenters. The number of nitrogen functional groups attached to an aromatic ring is 1. The zero-order chi connectivity index (χ0) is 67.1. The number of hydrogen-bond acceptors (Lipinski definition) is 10. The third-order valence-corrected chi connectivity index (χ3v) is 18.6. The largest absolute Gasteiger partial charge is 0.478 e. The molecule has 0 saturated carbocycles. The van der Waals surface area contributed by atoms with Gasteiger partial charge in [0.15, 0.2) is 43.2 Å². The number of carboxylic acid groups (broad SMARTS) is 2. The van der Waals surface area contributed by atoms with Crippen LogP contribution in [0.4, 0.5) is 71.5 Å². The van der Waals surface area contributed by atoms with Crippen LogP contribution >= 0.6 is 31.9 Å². The monoisotopic (exact) mass is 1390 g/mol. The highest BCUT2D eigenvalue weighted by Gasteiger charge is 2.37. The van der Waals surface area contributed by atoms with Gasteiger partial charge >= 0.3 is 29.8 Å². The van der Waals surface area contributed by atoms with Crippen LogP contribution in [0.5, 0.6) is 0 Å². The number of methoxy groups -OCH3 is 3. The Morgan fingerprint density at radius 1 is 0.430 bits per heavy atom. The second-order valence-corrected chi connectivity index (χ2v) is 25.3. The van der Waals surface area contributed by atoms with Gasteiger partial charge in [-0.05, 0) is 121 Å². The van der Waals surface area contributed by atoms with Crippen molar-refractivity contribution in [3.63, 3.8) is 0 Å². The van der Waals surface area contributed by atoms with Crippen molar-refractivity contribution in [1.82, 2.24) is 0 Å². The normalized spacial score (nSPS) is 10.7. The Kier molecular flexibility index (Phi) is 28.8. The van der Waals surface area contributed by atoms with Crippen LogP contribution in [0.3, 0.4) is 0 Å². The van der Waals surface area contributed by atoms with Crippen LogP contribution in [0.2, 0.25) is 18.1 Å². The maximum absolute atomic E-state index is 14.1. The summed E-state index contributed by atoms with van der Waals surface area (Å²) in [6, 6.07) is 4.02. The molecule has 4 N–H and O–H groups in total. The Morgan fingerprint density at radius 2 is 0.744 bits per heavy atom. The van der Waals surface area contributed by atoms with E-state index in [9.17, 15) is 89.8 Å². The molecule has 0 spiro atoms. The average molecular weight is 1390 g/mol. The van der Waals surface area contributed by atoms with Gasteiger partial charge in [-0.15, -0.1) is 0 Å². The molecule has 0 unspecified atom stereocenters. The van der Waals surface area contributed by atoms with E-state index in [1.807, 2.05) is 0 Å². The molecule has 0 aliphatic rings. The van der Waals surface area contributed by atoms with Gasteiger partial charge in [0, 0.05) is 39.4 Å². The Balaban J connectivity index is 0.000000519. The summed E-state index contributed by atoms with van der Waals surface area (Å²) in [5.74, 6) is -21.8. The van der Waals surface area contributed by atoms with Crippen molar-refractivity contribution in [2.75, 3.05) is 27.1 Å². The third kappa shape index (κ3) is 19.5. The first-order valence-corrected chi connectivity index (χ1v) is 28.2. The van der Waals surface area contributed by atoms with Crippen molar-refractivity contribution >= 4 is 75.7 Å². The lowest BCUT2D eigenvalue weighted by Gasteiger charge is -2.36. The Labute approximate surface area is 499 Å². The van der Waals surface area contributed by atoms with E-state index in [1.54, 1.807) is 6.92 Å². The molecule has 0 bridgehead atoms. The minimum atomic E-state index is -1.96. The molecule has 0 saturated heterocycles. The second kappa shape index (κ2) is 32.3. The van der Waals surface area contributed by atoms with Crippen molar-refractivity contribution in [2.24, 2.45) is 0 Å². The van der Waals surface area contributed by atoms with Crippen molar-refractivity contribution in [1.29, 1.82) is 0 Å². The molecule has 30 heteroatoms. The van der Waals surface area contributed by atoms with Gasteiger partial charge < -0.3 is 34.6 Å². The molecule has 0 aromatic heterocycles. The number of ether oxygens (including phenoxy) is 3. The van der Waals surface area contributed by atoms with Gasteiger partial charge in [-0.25, -0.2) is 89.8 Å². The first kappa shape index (κ1) is 76.6. The number of hydrogen-bond donors (Lipinski definition) is 3. The third-order valence-electron chi connectivity index (χ3n) is 12.2. The summed E-state index contributed by atoms with van der Waals surface area (Å²) in [6.45, 7) is 16.9. The smallest absolute Gasteiger partial charge is 0.340 e. The molecular weight excluding hydrogens is 1340 g/mol. The molecule has 0 aliphatic carbocycles. The minimum Gasteiger partial charge on any atom is -0.478 e. The van der Waals surface area contributed by atoms with Gasteiger partial charge in [-0.2, -0.15) is 0 Å². The van der Waals surface area contributed by atoms with Crippen LogP contribution in [-0.4, -0.2) is 69.7 Å². The van der Waals surface area contributed by atoms with Gasteiger partial charge in [0.2, 0.25) is 0 Å². The number of carboxylic acids is 2. The van der Waals surface area contributed by atoms with E-state index < -0.39 is 164 Å². The predicted octanol–water partition coefficient (Wildman–Crippen LogP) is 16.1. The molecule has 0 aliphatic heterocycles. The lowest BCUT2D eigenvalue weighted by atomic mass is 10.1. The van der Waals surface area contributed by atoms with Crippen molar-refractivity contribution in [2.45, 2.75) is 80.1 Å². The standard InChI is InChI=1S/C14H21BrF2OSi.C9H7BrF2O2.C9H7F3O2.C9H9F2NO2.C8H5F3O2.C7H3F3O2/c1-9-12(15)11(16)7-10(13(9)17)8-18-19(5,6)14(2,3)4;1-4-7(10)6(11)3-5(8(4)12)9(13)14-2;2*1-4-7(11)5(9(13)14-2)3-6(10)8(4)12;1-3-6(10)4(8(12)13)2-5(9)7(3)11;8-4-2-6(10)5(9)1-3(4)7(11)12/h7H,8H2,1-6H3;2*3H,1-2H3;3H,12H2,1-2H3;2H,1H3,(H,12,13);1-2H,(H,11,12). The number of benzene rings is 6. The summed E-state index contributed by atoms with van der Waals surface area (Å²) in [4.78, 5) is 53.3. The van der Waals surface area contributed by atoms with Crippen molar-refractivity contribution < 1.29 is 119 Å². The number of esters is 3. The second-order valence-electron chi connectivity index (χ2n) is 18.9. The van der Waals surface area contributed by atoms with Gasteiger partial charge in [0.1, 0.15) is 52.4 Å². The van der Waals surface area contributed by atoms with Gasteiger partial charge in [-0.3, -0.25) is 0 Å². The van der Waals surface area contributed by atoms with Crippen LogP contribution < -0.4 is 5.73 Å². The topological polar surface area (TPSA) is 189 Å². The Bertz CT molecular complexity index is 3370. The molecule has 6 aromatic rings. The molecule has 6 rings (SSSR count). The van der Waals surface area contributed by atoms with Crippen LogP contribution in [0, 0.1) is 122 Å². The molecular formula is C56H52Br2F15NO11Si. The first-order valence-electron chi connectivity index (χ1n) is 23.7. The molecule has 470 valence electrons. The highest BCUT2D eigenvalue weighted by atomic mass is 79.9. The van der Waals surface area contributed by atoms with Crippen LogP contribution in [-0.2, 0) is 25.2 Å². The fourth-order valence-corrected chi connectivity index (χ4v) is 7.48. The molecule has 86 heavy (non-hydrogen) atoms. The summed E-state index contributed by atoms with van der Waals surface area (Å²) in [5.41, 5.74) is 1.09. The summed E-state index contributed by atoms with van der Waals surface area (Å²) in [7, 11) is 1.26. The fourth-order valence-electron chi connectivity index (χ4n) is 5.95. The average Bonchev–Trinajstić information content (AvgIpc) is 3.62. The Hall–Kier alpha value is -7.44. The maximum Gasteiger partial charge on any atom is 0.340 e. The number of aromatic carboxylic acids is 2. The van der Waals surface area contributed by atoms with Gasteiger partial charge in [-0.1, -0.05) is 20.8 Å². The summed E-state index contributed by atoms with van der Waals surface area (Å²) in [5, 5.41) is 16.7. The summed E-state index contributed by atoms with van der Waals surface area (Å²) < 4.78 is 213. The first-order chi connectivity index (χ1) is 39.4. The molecule has 0 heterocycles. The van der Waals surface area contributed by atoms with E-state index in [1.165, 1.54) is 19.9 Å². The van der Waals surface area contributed by atoms with Gasteiger partial charge in [0.05, 0.1) is 70.4 Å². The highest BCUT2D eigenvalue weighted by Crippen LogP contribution is 2.38. The van der Waals surface area contributed by atoms with Crippen molar-refractivity contribution in [3.05, 3.63) is 200 Å². The number of halogens is 17. The van der Waals surface area contributed by atoms with Crippen LogP contribution in [0.25, 0.3) is 0 Å². The quantitative estimate of drug-likeness (QED) is 0.0327. The zero-order valence-corrected chi connectivity index (χ0v) is 51.5. The molecule has 0 fully saturated rings. The van der Waals surface area contributed by atoms with E-state index >= 15 is 0 Å². The number of rotatable bonds is 8. The lowest BCUT2D eigenvalue weighted by Crippen LogP contribution is -2.40. The van der Waals surface area contributed by atoms with Gasteiger partial charge in [0.25, 0.3) is 0 Å². The van der Waals surface area contributed by atoms with E-state index in [2.05, 4.69) is 79.9 Å². The predicted molar refractivity (Wildman–Crippen MR) is 291 cm³/mol. The number of anilines is 1. The summed E-state index contributed by atoms with van der Waals surface area (Å²) >= 11 is 5.91. The van der Waals surface area contributed by atoms with Crippen molar-refractivity contribution in [3.8, 4) is 0 Å². The minimum absolute atomic E-state index is 0.0163. The Morgan fingerprint density at radius 3 is 1.14 bits per heavy atom. The van der Waals surface area contributed by atoms with E-state index in [0.29, 0.717) is 18.2 Å². The van der Waals surface area contributed by atoms with E-state index in [0.717, 1.165) is 47.3 Å². The zero-order valence-electron chi connectivity index (χ0n) is 47.3. The highest BCUT2D eigenvalue weighted by molar-refractivity contribution is 9.10. The number of carbonyl (C=O) groups excluding carboxylic acids is 3. The summed E-state index contributed by atoms with van der Waals surface area (Å²) in [6.07, 6.45) is 0. The molecule has 6 aromatic carbocycles. The lowest BCUT2D eigenvalue weighted by molar-refractivity contribution is 0.0585. The molecule has 12 nitrogen and oxygen atoms in total. The van der Waals surface area contributed by atoms with Crippen LogP contribution in [0.15, 0.2) is 51.4 Å². The van der Waals surface area contributed by atoms with E-state index in [-0.39, 0.29) is 54.6 Å². The van der Waals surface area contributed by atoms with E-state index in [4.69, 9.17) is 20.4 Å².